The number of carboxylic acids is 1. The minimum absolute atomic E-state index is 0.00536. The molecule has 0 aliphatic carbocycles. The first-order valence-corrected chi connectivity index (χ1v) is 9.41. The number of anilines is 1. The number of amides is 1. The molecule has 0 atom stereocenters. The van der Waals surface area contributed by atoms with E-state index in [-0.39, 0.29) is 22.5 Å². The Kier molecular flexibility index (Phi) is 6.16. The summed E-state index contributed by atoms with van der Waals surface area (Å²) < 4.78 is 1.79. The highest BCUT2D eigenvalue weighted by Crippen LogP contribution is 2.25. The molecule has 0 saturated heterocycles. The predicted molar refractivity (Wildman–Crippen MR) is 118 cm³/mol. The summed E-state index contributed by atoms with van der Waals surface area (Å²) in [4.78, 5) is 34.3. The van der Waals surface area contributed by atoms with Crippen LogP contribution in [-0.4, -0.2) is 26.5 Å². The van der Waals surface area contributed by atoms with E-state index in [9.17, 15) is 25.0 Å². The second-order valence-corrected chi connectivity index (χ2v) is 6.95. The highest BCUT2D eigenvalue weighted by Gasteiger charge is 2.16. The number of nitro benzene ring substituents is 1. The van der Waals surface area contributed by atoms with Gasteiger partial charge in [-0.15, -0.1) is 0 Å². The van der Waals surface area contributed by atoms with Crippen molar-refractivity contribution >= 4 is 29.3 Å². The minimum Gasteiger partial charge on any atom is -0.478 e. The second kappa shape index (κ2) is 8.97. The summed E-state index contributed by atoms with van der Waals surface area (Å²) in [6, 6.07) is 15.5. The highest BCUT2D eigenvalue weighted by atomic mass is 16.6. The predicted octanol–water partition coefficient (Wildman–Crippen LogP) is 4.25. The summed E-state index contributed by atoms with van der Waals surface area (Å²) in [6.45, 7) is 3.59. The van der Waals surface area contributed by atoms with E-state index in [1.165, 1.54) is 42.5 Å². The fourth-order valence-corrected chi connectivity index (χ4v) is 3.31. The number of nitro groups is 1. The van der Waals surface area contributed by atoms with Crippen LogP contribution in [0, 0.1) is 35.3 Å². The van der Waals surface area contributed by atoms with Gasteiger partial charge in [0.15, 0.2) is 0 Å². The maximum absolute atomic E-state index is 12.6. The first-order valence-electron chi connectivity index (χ1n) is 9.41. The van der Waals surface area contributed by atoms with Crippen molar-refractivity contribution in [3.05, 3.63) is 92.8 Å². The van der Waals surface area contributed by atoms with Gasteiger partial charge in [0.1, 0.15) is 11.6 Å². The van der Waals surface area contributed by atoms with Gasteiger partial charge in [0.05, 0.1) is 16.2 Å². The Hall–Kier alpha value is -4.71. The molecular weight excluding hydrogens is 412 g/mol. The summed E-state index contributed by atoms with van der Waals surface area (Å²) in [6.07, 6.45) is 1.42. The van der Waals surface area contributed by atoms with E-state index < -0.39 is 16.8 Å². The SMILES string of the molecule is Cc1cc(C=C(C#N)C(=O)Nc2cccc(C(=O)O)c2)c(C)n1-c1cccc([N+](=O)[O-])c1. The normalized spacial score (nSPS) is 11.0. The topological polar surface area (TPSA) is 138 Å². The van der Waals surface area contributed by atoms with Gasteiger partial charge in [-0.05, 0) is 55.8 Å². The molecule has 160 valence electrons. The zero-order valence-corrected chi connectivity index (χ0v) is 17.2. The van der Waals surface area contributed by atoms with Gasteiger partial charge in [-0.1, -0.05) is 12.1 Å². The van der Waals surface area contributed by atoms with Crippen molar-refractivity contribution in [1.82, 2.24) is 4.57 Å². The number of benzene rings is 2. The number of nitrogens with one attached hydrogen (secondary N) is 1. The fraction of sp³-hybridized carbons (Fsp3) is 0.0870. The minimum atomic E-state index is -1.13. The van der Waals surface area contributed by atoms with E-state index >= 15 is 0 Å². The quantitative estimate of drug-likeness (QED) is 0.259. The lowest BCUT2D eigenvalue weighted by Crippen LogP contribution is -2.14. The van der Waals surface area contributed by atoms with Gasteiger partial charge >= 0.3 is 5.97 Å². The monoisotopic (exact) mass is 430 g/mol. The first-order chi connectivity index (χ1) is 15.2. The maximum Gasteiger partial charge on any atom is 0.335 e. The van der Waals surface area contributed by atoms with Crippen LogP contribution >= 0.6 is 0 Å². The molecule has 0 aliphatic heterocycles. The summed E-state index contributed by atoms with van der Waals surface area (Å²) in [5.74, 6) is -1.82. The Morgan fingerprint density at radius 2 is 1.88 bits per heavy atom. The number of non-ortho nitro benzene ring substituents is 1. The molecule has 0 radical (unpaired) electrons. The number of nitriles is 1. The molecule has 9 heteroatoms. The van der Waals surface area contributed by atoms with Crippen molar-refractivity contribution in [3.63, 3.8) is 0 Å². The Balaban J connectivity index is 1.94. The molecule has 1 aromatic heterocycles. The lowest BCUT2D eigenvalue weighted by molar-refractivity contribution is -0.384. The number of carboxylic acid groups (broad SMARTS) is 1. The molecule has 0 saturated carbocycles. The van der Waals surface area contributed by atoms with Crippen LogP contribution in [0.25, 0.3) is 11.8 Å². The lowest BCUT2D eigenvalue weighted by atomic mass is 10.1. The third-order valence-corrected chi connectivity index (χ3v) is 4.80. The summed E-state index contributed by atoms with van der Waals surface area (Å²) in [5, 5.41) is 32.2. The van der Waals surface area contributed by atoms with E-state index in [0.29, 0.717) is 16.9 Å². The van der Waals surface area contributed by atoms with E-state index in [2.05, 4.69) is 5.32 Å². The van der Waals surface area contributed by atoms with Gasteiger partial charge < -0.3 is 15.0 Å². The molecule has 0 bridgehead atoms. The van der Waals surface area contributed by atoms with E-state index in [0.717, 1.165) is 5.69 Å². The van der Waals surface area contributed by atoms with E-state index in [4.69, 9.17) is 5.11 Å². The number of nitrogens with zero attached hydrogens (tertiary/aromatic N) is 3. The third-order valence-electron chi connectivity index (χ3n) is 4.80. The number of aromatic carboxylic acids is 1. The second-order valence-electron chi connectivity index (χ2n) is 6.95. The number of carbonyl (C=O) groups excluding carboxylic acids is 1. The standard InChI is InChI=1S/C23H18N4O5/c1-14-9-17(15(2)26(14)20-7-4-8-21(12-20)27(31)32)10-18(13-24)22(28)25-19-6-3-5-16(11-19)23(29)30/h3-12H,1-2H3,(H,25,28)(H,29,30). The van der Waals surface area contributed by atoms with E-state index in [1.807, 2.05) is 13.0 Å². The van der Waals surface area contributed by atoms with Crippen molar-refractivity contribution in [3.8, 4) is 11.8 Å². The van der Waals surface area contributed by atoms with Gasteiger partial charge in [-0.2, -0.15) is 5.26 Å². The number of aryl methyl sites for hydroxylation is 1. The zero-order chi connectivity index (χ0) is 23.4. The molecule has 3 aromatic rings. The van der Waals surface area contributed by atoms with Crippen molar-refractivity contribution in [2.75, 3.05) is 5.32 Å². The molecular formula is C23H18N4O5. The number of hydrogen-bond acceptors (Lipinski definition) is 5. The molecule has 0 aliphatic rings. The maximum atomic E-state index is 12.6. The van der Waals surface area contributed by atoms with Crippen LogP contribution in [0.5, 0.6) is 0 Å². The number of carbonyl (C=O) groups is 2. The summed E-state index contributed by atoms with van der Waals surface area (Å²) in [7, 11) is 0. The van der Waals surface area contributed by atoms with Gasteiger partial charge in [-0.25, -0.2) is 4.79 Å². The first kappa shape index (κ1) is 22.0. The Bertz CT molecular complexity index is 1310. The van der Waals surface area contributed by atoms with Crippen LogP contribution in [0.15, 0.2) is 60.2 Å². The molecule has 3 rings (SSSR count). The number of hydrogen-bond donors (Lipinski definition) is 2. The average molecular weight is 430 g/mol. The average Bonchev–Trinajstić information content (AvgIpc) is 3.04. The van der Waals surface area contributed by atoms with Crippen LogP contribution in [0.2, 0.25) is 0 Å². The Labute approximate surface area is 183 Å². The van der Waals surface area contributed by atoms with Crippen LogP contribution in [0.1, 0.15) is 27.3 Å². The smallest absolute Gasteiger partial charge is 0.335 e. The summed E-state index contributed by atoms with van der Waals surface area (Å²) in [5.41, 5.74) is 2.67. The number of rotatable bonds is 6. The van der Waals surface area contributed by atoms with Gasteiger partial charge in [0.2, 0.25) is 0 Å². The highest BCUT2D eigenvalue weighted by molar-refractivity contribution is 6.10. The zero-order valence-electron chi connectivity index (χ0n) is 17.2. The fourth-order valence-electron chi connectivity index (χ4n) is 3.31. The molecule has 1 amide bonds. The van der Waals surface area contributed by atoms with Crippen molar-refractivity contribution in [1.29, 1.82) is 5.26 Å². The molecule has 0 spiro atoms. The lowest BCUT2D eigenvalue weighted by Gasteiger charge is -2.09. The van der Waals surface area contributed by atoms with Gasteiger partial charge in [0.25, 0.3) is 11.6 Å². The van der Waals surface area contributed by atoms with Crippen LogP contribution in [-0.2, 0) is 4.79 Å². The van der Waals surface area contributed by atoms with Gasteiger partial charge in [0, 0.05) is 29.2 Å². The summed E-state index contributed by atoms with van der Waals surface area (Å²) >= 11 is 0. The molecule has 0 unspecified atom stereocenters. The molecule has 0 fully saturated rings. The molecule has 2 N–H and O–H groups in total. The molecule has 32 heavy (non-hydrogen) atoms. The van der Waals surface area contributed by atoms with Crippen molar-refractivity contribution in [2.24, 2.45) is 0 Å². The number of aromatic nitrogens is 1. The third kappa shape index (κ3) is 4.55. The molecule has 1 heterocycles. The van der Waals surface area contributed by atoms with Crippen molar-refractivity contribution in [2.45, 2.75) is 13.8 Å². The van der Waals surface area contributed by atoms with Crippen LogP contribution < -0.4 is 5.32 Å². The molecule has 2 aromatic carbocycles. The van der Waals surface area contributed by atoms with Crippen molar-refractivity contribution < 1.29 is 19.6 Å². The Morgan fingerprint density at radius 3 is 2.53 bits per heavy atom. The molecule has 9 nitrogen and oxygen atoms in total. The van der Waals surface area contributed by atoms with E-state index in [1.54, 1.807) is 29.7 Å². The van der Waals surface area contributed by atoms with Crippen LogP contribution in [0.4, 0.5) is 11.4 Å². The van der Waals surface area contributed by atoms with Crippen LogP contribution in [0.3, 0.4) is 0 Å². The Morgan fingerprint density at radius 1 is 1.16 bits per heavy atom. The van der Waals surface area contributed by atoms with Gasteiger partial charge in [-0.3, -0.25) is 14.9 Å². The largest absolute Gasteiger partial charge is 0.478 e.